The third-order valence-electron chi connectivity index (χ3n) is 2.00. The molecule has 2 nitrogen and oxygen atoms in total. The van der Waals surface area contributed by atoms with Gasteiger partial charge in [0.05, 0.1) is 0 Å². The molecule has 0 aromatic heterocycles. The lowest BCUT2D eigenvalue weighted by Gasteiger charge is -2.25. The Morgan fingerprint density at radius 3 is 2.08 bits per heavy atom. The molecule has 0 amide bonds. The van der Waals surface area contributed by atoms with Gasteiger partial charge in [-0.15, -0.1) is 0 Å². The topological polar surface area (TPSA) is 46.2 Å². The lowest BCUT2D eigenvalue weighted by Crippen LogP contribution is -2.48. The Balaban J connectivity index is 4.19. The van der Waals surface area contributed by atoms with Gasteiger partial charge in [0.1, 0.15) is 0 Å². The highest BCUT2D eigenvalue weighted by Gasteiger charge is 2.43. The van der Waals surface area contributed by atoms with Gasteiger partial charge in [0.2, 0.25) is 0 Å². The Bertz CT molecular complexity index is 137. The van der Waals surface area contributed by atoms with Crippen molar-refractivity contribution in [1.29, 1.82) is 0 Å². The Morgan fingerprint density at radius 2 is 1.83 bits per heavy atom. The van der Waals surface area contributed by atoms with Crippen LogP contribution >= 0.6 is 0 Å². The van der Waals surface area contributed by atoms with Gasteiger partial charge < -0.3 is 10.8 Å². The second-order valence-corrected chi connectivity index (χ2v) is 2.95. The van der Waals surface area contributed by atoms with Crippen molar-refractivity contribution >= 4 is 0 Å². The van der Waals surface area contributed by atoms with Crippen LogP contribution in [0.15, 0.2) is 0 Å². The summed E-state index contributed by atoms with van der Waals surface area (Å²) < 4.78 is 35.6. The van der Waals surface area contributed by atoms with Crippen LogP contribution < -0.4 is 5.73 Å². The summed E-state index contributed by atoms with van der Waals surface area (Å²) >= 11 is 0. The van der Waals surface area contributed by atoms with Crippen LogP contribution in [0.1, 0.15) is 20.3 Å². The smallest absolute Gasteiger partial charge is 0.382 e. The zero-order chi connectivity index (χ0) is 9.94. The second kappa shape index (κ2) is 4.09. The molecule has 0 spiro atoms. The van der Waals surface area contributed by atoms with E-state index in [0.29, 0.717) is 6.42 Å². The van der Waals surface area contributed by atoms with E-state index >= 15 is 0 Å². The van der Waals surface area contributed by atoms with Crippen molar-refractivity contribution in [1.82, 2.24) is 0 Å². The van der Waals surface area contributed by atoms with E-state index in [2.05, 4.69) is 0 Å². The minimum absolute atomic E-state index is 0.332. The van der Waals surface area contributed by atoms with Gasteiger partial charge in [-0.25, -0.2) is 0 Å². The third-order valence-corrected chi connectivity index (χ3v) is 2.00. The first-order valence-corrected chi connectivity index (χ1v) is 3.81. The van der Waals surface area contributed by atoms with Gasteiger partial charge >= 0.3 is 6.18 Å². The summed E-state index contributed by atoms with van der Waals surface area (Å²) in [7, 11) is 0. The van der Waals surface area contributed by atoms with Crippen molar-refractivity contribution in [2.75, 3.05) is 0 Å². The summed E-state index contributed by atoms with van der Waals surface area (Å²) in [5.74, 6) is -0.332. The minimum Gasteiger partial charge on any atom is -0.382 e. The van der Waals surface area contributed by atoms with E-state index in [1.807, 2.05) is 0 Å². The fraction of sp³-hybridized carbons (Fsp3) is 1.00. The largest absolute Gasteiger partial charge is 0.415 e. The van der Waals surface area contributed by atoms with Crippen molar-refractivity contribution in [3.05, 3.63) is 0 Å². The molecule has 0 aliphatic heterocycles. The van der Waals surface area contributed by atoms with Crippen LogP contribution in [0.5, 0.6) is 0 Å². The van der Waals surface area contributed by atoms with Crippen molar-refractivity contribution in [2.45, 2.75) is 38.6 Å². The molecule has 0 fully saturated rings. The van der Waals surface area contributed by atoms with Gasteiger partial charge in [-0.3, -0.25) is 0 Å². The molecule has 3 N–H and O–H groups in total. The van der Waals surface area contributed by atoms with Crippen molar-refractivity contribution in [3.8, 4) is 0 Å². The number of hydrogen-bond donors (Lipinski definition) is 2. The summed E-state index contributed by atoms with van der Waals surface area (Å²) in [6.45, 7) is 3.31. The molecule has 0 aliphatic rings. The molecule has 0 aromatic rings. The Kier molecular flexibility index (Phi) is 3.99. The lowest BCUT2D eigenvalue weighted by molar-refractivity contribution is -0.212. The van der Waals surface area contributed by atoms with Gasteiger partial charge in [-0.1, -0.05) is 20.3 Å². The number of aliphatic hydroxyl groups excluding tert-OH is 1. The van der Waals surface area contributed by atoms with Crippen LogP contribution in [0.3, 0.4) is 0 Å². The highest BCUT2D eigenvalue weighted by atomic mass is 19.4. The molecule has 0 saturated carbocycles. The fourth-order valence-corrected chi connectivity index (χ4v) is 0.802. The Morgan fingerprint density at radius 1 is 1.42 bits per heavy atom. The highest BCUT2D eigenvalue weighted by Crippen LogP contribution is 2.25. The summed E-state index contributed by atoms with van der Waals surface area (Å²) in [6.07, 6.45) is -6.50. The summed E-state index contributed by atoms with van der Waals surface area (Å²) in [4.78, 5) is 0. The fourth-order valence-electron chi connectivity index (χ4n) is 0.802. The maximum atomic E-state index is 11.9. The van der Waals surface area contributed by atoms with E-state index in [9.17, 15) is 13.2 Å². The molecular weight excluding hydrogens is 171 g/mol. The number of nitrogens with two attached hydrogens (primary N) is 1. The lowest BCUT2D eigenvalue weighted by atomic mass is 9.95. The number of alkyl halides is 3. The zero-order valence-corrected chi connectivity index (χ0v) is 7.10. The molecule has 3 atom stereocenters. The SMILES string of the molecule is CC[C@@H](C)[C@H](N)[C@H](O)C(F)(F)F. The molecule has 0 radical (unpaired) electrons. The number of aliphatic hydroxyl groups is 1. The molecule has 12 heavy (non-hydrogen) atoms. The number of halogens is 3. The Hall–Kier alpha value is -0.290. The molecule has 0 aromatic carbocycles. The van der Waals surface area contributed by atoms with E-state index in [1.165, 1.54) is 0 Å². The first-order valence-electron chi connectivity index (χ1n) is 3.81. The standard InChI is InChI=1S/C7H14F3NO/c1-3-4(2)5(11)6(12)7(8,9)10/h4-6,12H,3,11H2,1-2H3/t4-,5+,6+/m1/s1. The normalized spacial score (nSPS) is 20.2. The predicted molar refractivity (Wildman–Crippen MR) is 39.5 cm³/mol. The average molecular weight is 185 g/mol. The predicted octanol–water partition coefficient (Wildman–Crippen LogP) is 1.28. The van der Waals surface area contributed by atoms with E-state index in [4.69, 9.17) is 10.8 Å². The zero-order valence-electron chi connectivity index (χ0n) is 7.10. The summed E-state index contributed by atoms with van der Waals surface area (Å²) in [5, 5.41) is 8.71. The van der Waals surface area contributed by atoms with Gasteiger partial charge in [0.25, 0.3) is 0 Å². The molecule has 0 unspecified atom stereocenters. The van der Waals surface area contributed by atoms with Gasteiger partial charge in [-0.05, 0) is 5.92 Å². The number of hydrogen-bond acceptors (Lipinski definition) is 2. The number of rotatable bonds is 3. The highest BCUT2D eigenvalue weighted by molar-refractivity contribution is 4.81. The second-order valence-electron chi connectivity index (χ2n) is 2.95. The molecule has 0 saturated heterocycles. The van der Waals surface area contributed by atoms with Gasteiger partial charge in [0.15, 0.2) is 6.10 Å². The Labute approximate surface area is 69.6 Å². The van der Waals surface area contributed by atoms with E-state index in [-0.39, 0.29) is 5.92 Å². The monoisotopic (exact) mass is 185 g/mol. The maximum Gasteiger partial charge on any atom is 0.415 e. The van der Waals surface area contributed by atoms with E-state index in [1.54, 1.807) is 13.8 Å². The third kappa shape index (κ3) is 2.98. The van der Waals surface area contributed by atoms with Crippen LogP contribution in [-0.2, 0) is 0 Å². The molecule has 0 aliphatic carbocycles. The summed E-state index contributed by atoms with van der Waals surface area (Å²) in [6, 6.07) is -1.23. The average Bonchev–Trinajstić information content (AvgIpc) is 1.98. The van der Waals surface area contributed by atoms with Crippen molar-refractivity contribution < 1.29 is 18.3 Å². The maximum absolute atomic E-state index is 11.9. The first kappa shape index (κ1) is 11.7. The summed E-state index contributed by atoms with van der Waals surface area (Å²) in [5.41, 5.74) is 5.19. The first-order chi connectivity index (χ1) is 5.30. The molecular formula is C7H14F3NO. The molecule has 5 heteroatoms. The van der Waals surface area contributed by atoms with Crippen LogP contribution in [0, 0.1) is 5.92 Å². The van der Waals surface area contributed by atoms with Crippen LogP contribution in [0.4, 0.5) is 13.2 Å². The molecule has 0 bridgehead atoms. The van der Waals surface area contributed by atoms with Gasteiger partial charge in [0, 0.05) is 6.04 Å². The molecule has 0 rings (SSSR count). The van der Waals surface area contributed by atoms with Gasteiger partial charge in [-0.2, -0.15) is 13.2 Å². The van der Waals surface area contributed by atoms with E-state index in [0.717, 1.165) is 0 Å². The quantitative estimate of drug-likeness (QED) is 0.695. The van der Waals surface area contributed by atoms with Crippen LogP contribution in [0.2, 0.25) is 0 Å². The van der Waals surface area contributed by atoms with Crippen LogP contribution in [-0.4, -0.2) is 23.4 Å². The molecule has 74 valence electrons. The van der Waals surface area contributed by atoms with E-state index < -0.39 is 18.3 Å². The van der Waals surface area contributed by atoms with Crippen LogP contribution in [0.25, 0.3) is 0 Å². The van der Waals surface area contributed by atoms with Crippen molar-refractivity contribution in [2.24, 2.45) is 11.7 Å². The van der Waals surface area contributed by atoms with Crippen molar-refractivity contribution in [3.63, 3.8) is 0 Å². The molecule has 0 heterocycles. The minimum atomic E-state index is -4.61.